The van der Waals surface area contributed by atoms with Gasteiger partial charge >= 0.3 is 0 Å². The van der Waals surface area contributed by atoms with Crippen LogP contribution in [0.25, 0.3) is 0 Å². The maximum atomic E-state index is 10.4. The van der Waals surface area contributed by atoms with E-state index in [1.807, 2.05) is 0 Å². The Hall–Kier alpha value is -0.370. The van der Waals surface area contributed by atoms with Gasteiger partial charge in [0.05, 0.1) is 0 Å². The van der Waals surface area contributed by atoms with Gasteiger partial charge in [-0.3, -0.25) is 4.79 Å². The lowest BCUT2D eigenvalue weighted by Crippen LogP contribution is -2.27. The number of rotatable bonds is 7. The number of carbonyl (C=O) groups is 1. The molecule has 2 heteroatoms. The van der Waals surface area contributed by atoms with Gasteiger partial charge in [-0.05, 0) is 0 Å². The van der Waals surface area contributed by atoms with Crippen LogP contribution in [0, 0.1) is 0 Å². The molecule has 1 heterocycles. The lowest BCUT2D eigenvalue weighted by Gasteiger charge is -2.08. The van der Waals surface area contributed by atoms with Crippen LogP contribution < -0.4 is 5.32 Å². The second-order valence-corrected chi connectivity index (χ2v) is 4.91. The smallest absolute Gasteiger partial charge is 0.135 e. The third-order valence-corrected chi connectivity index (χ3v) is 3.12. The van der Waals surface area contributed by atoms with E-state index < -0.39 is 0 Å². The van der Waals surface area contributed by atoms with Gasteiger partial charge in [-0.25, -0.2) is 0 Å². The highest BCUT2D eigenvalue weighted by Crippen LogP contribution is 2.07. The molecular weight excluding hydrogens is 210 g/mol. The van der Waals surface area contributed by atoms with Crippen molar-refractivity contribution < 1.29 is 4.79 Å². The average molecular weight is 241 g/mol. The van der Waals surface area contributed by atoms with Crippen molar-refractivity contribution in [1.82, 2.24) is 5.32 Å². The highest BCUT2D eigenvalue weighted by Gasteiger charge is 2.04. The molecule has 1 N–H and O–H groups in total. The largest absolute Gasteiger partial charge is 0.316 e. The molecule has 0 radical (unpaired) electrons. The van der Waals surface area contributed by atoms with E-state index in [9.17, 15) is 4.79 Å². The molecule has 0 bridgehead atoms. The number of piperidine rings is 1. The fourth-order valence-electron chi connectivity index (χ4n) is 1.91. The van der Waals surface area contributed by atoms with Gasteiger partial charge in [0.1, 0.15) is 5.78 Å². The first kappa shape index (κ1) is 16.6. The molecule has 0 atom stereocenters. The van der Waals surface area contributed by atoms with Crippen LogP contribution in [0.4, 0.5) is 0 Å². The molecule has 1 saturated heterocycles. The van der Waals surface area contributed by atoms with Crippen molar-refractivity contribution in [3.63, 3.8) is 0 Å². The lowest BCUT2D eigenvalue weighted by atomic mass is 10.1. The van der Waals surface area contributed by atoms with E-state index in [0.717, 1.165) is 25.9 Å². The average Bonchev–Trinajstić information content (AvgIpc) is 2.35. The molecule has 0 aromatic heterocycles. The zero-order chi connectivity index (χ0) is 12.8. The minimum absolute atomic E-state index is 0.402. The van der Waals surface area contributed by atoms with Crippen LogP contribution in [0.2, 0.25) is 0 Å². The van der Waals surface area contributed by atoms with Gasteiger partial charge in [-0.15, -0.1) is 0 Å². The van der Waals surface area contributed by atoms with Gasteiger partial charge in [0.25, 0.3) is 0 Å². The van der Waals surface area contributed by atoms with E-state index in [1.165, 1.54) is 51.4 Å². The number of unbranched alkanes of at least 4 members (excludes halogenated alkanes) is 7. The summed E-state index contributed by atoms with van der Waals surface area (Å²) in [6.07, 6.45) is 12.9. The van der Waals surface area contributed by atoms with E-state index >= 15 is 0 Å². The summed E-state index contributed by atoms with van der Waals surface area (Å²) in [5.74, 6) is 0.402. The maximum absolute atomic E-state index is 10.4. The monoisotopic (exact) mass is 241 g/mol. The molecule has 1 aliphatic rings. The van der Waals surface area contributed by atoms with E-state index in [1.54, 1.807) is 0 Å². The van der Waals surface area contributed by atoms with Gasteiger partial charge in [0, 0.05) is 25.9 Å². The molecule has 1 fully saturated rings. The number of nitrogens with one attached hydrogen (secondary N) is 1. The Morgan fingerprint density at radius 2 is 1.24 bits per heavy atom. The zero-order valence-electron chi connectivity index (χ0n) is 11.9. The van der Waals surface area contributed by atoms with Crippen molar-refractivity contribution in [3.05, 3.63) is 0 Å². The van der Waals surface area contributed by atoms with Crippen LogP contribution in [0.15, 0.2) is 0 Å². The highest BCUT2D eigenvalue weighted by atomic mass is 16.1. The van der Waals surface area contributed by atoms with Crippen LogP contribution in [0.5, 0.6) is 0 Å². The third kappa shape index (κ3) is 13.6. The fourth-order valence-corrected chi connectivity index (χ4v) is 1.91. The molecule has 0 saturated carbocycles. The van der Waals surface area contributed by atoms with Crippen molar-refractivity contribution in [2.45, 2.75) is 78.1 Å². The van der Waals surface area contributed by atoms with Crippen LogP contribution in [0.3, 0.4) is 0 Å². The molecule has 0 amide bonds. The Morgan fingerprint density at radius 1 is 0.824 bits per heavy atom. The summed E-state index contributed by atoms with van der Waals surface area (Å²) in [5.41, 5.74) is 0. The molecule has 1 rings (SSSR count). The molecule has 102 valence electrons. The van der Waals surface area contributed by atoms with Crippen molar-refractivity contribution >= 4 is 5.78 Å². The minimum Gasteiger partial charge on any atom is -0.316 e. The molecule has 1 aliphatic heterocycles. The summed E-state index contributed by atoms with van der Waals surface area (Å²) in [7, 11) is 0. The van der Waals surface area contributed by atoms with Crippen LogP contribution >= 0.6 is 0 Å². The van der Waals surface area contributed by atoms with E-state index in [0.29, 0.717) is 5.78 Å². The van der Waals surface area contributed by atoms with Gasteiger partial charge in [0.2, 0.25) is 0 Å². The number of Topliss-reactive ketones (excluding diaryl/α,β-unsaturated/α-hetero) is 1. The Morgan fingerprint density at radius 3 is 1.53 bits per heavy atom. The highest BCUT2D eigenvalue weighted by molar-refractivity contribution is 5.79. The molecule has 2 nitrogen and oxygen atoms in total. The Kier molecular flexibility index (Phi) is 13.4. The summed E-state index contributed by atoms with van der Waals surface area (Å²) in [6, 6.07) is 0. The first-order valence-electron chi connectivity index (χ1n) is 7.53. The van der Waals surface area contributed by atoms with Gasteiger partial charge in [0.15, 0.2) is 0 Å². The Bertz CT molecular complexity index is 152. The summed E-state index contributed by atoms with van der Waals surface area (Å²) in [4.78, 5) is 10.4. The number of hydrogen-bond acceptors (Lipinski definition) is 2. The predicted octanol–water partition coefficient (Wildman–Crippen LogP) is 4.09. The van der Waals surface area contributed by atoms with Gasteiger partial charge < -0.3 is 5.32 Å². The number of hydrogen-bond donors (Lipinski definition) is 1. The van der Waals surface area contributed by atoms with Crippen molar-refractivity contribution in [2.75, 3.05) is 13.1 Å². The summed E-state index contributed by atoms with van der Waals surface area (Å²) in [5, 5.41) is 3.09. The lowest BCUT2D eigenvalue weighted by molar-refractivity contribution is -0.119. The second-order valence-electron chi connectivity index (χ2n) is 4.91. The Balaban J connectivity index is 0.000000318. The van der Waals surface area contributed by atoms with E-state index in [4.69, 9.17) is 0 Å². The summed E-state index contributed by atoms with van der Waals surface area (Å²) >= 11 is 0. The SMILES string of the molecule is CCCCCCCCCC.O=C1CCNCC1. The van der Waals surface area contributed by atoms with Crippen molar-refractivity contribution in [1.29, 1.82) is 0 Å². The van der Waals surface area contributed by atoms with Gasteiger partial charge in [-0.1, -0.05) is 65.2 Å². The van der Waals surface area contributed by atoms with E-state index in [-0.39, 0.29) is 0 Å². The quantitative estimate of drug-likeness (QED) is 0.680. The normalized spacial score (nSPS) is 15.3. The summed E-state index contributed by atoms with van der Waals surface area (Å²) in [6.45, 7) is 6.32. The first-order chi connectivity index (χ1) is 8.31. The number of ketones is 1. The first-order valence-corrected chi connectivity index (χ1v) is 7.53. The van der Waals surface area contributed by atoms with Gasteiger partial charge in [-0.2, -0.15) is 0 Å². The number of carbonyl (C=O) groups excluding carboxylic acids is 1. The standard InChI is InChI=1S/C10H22.C5H9NO/c1-3-5-7-9-10-8-6-4-2;7-5-1-3-6-4-2-5/h3-10H2,1-2H3;6H,1-4H2. The topological polar surface area (TPSA) is 29.1 Å². The maximum Gasteiger partial charge on any atom is 0.135 e. The third-order valence-electron chi connectivity index (χ3n) is 3.12. The fraction of sp³-hybridized carbons (Fsp3) is 0.933. The van der Waals surface area contributed by atoms with Crippen LogP contribution in [-0.2, 0) is 4.79 Å². The molecule has 0 spiro atoms. The zero-order valence-corrected chi connectivity index (χ0v) is 11.9. The molecule has 0 aliphatic carbocycles. The van der Waals surface area contributed by atoms with Crippen LogP contribution in [0.1, 0.15) is 78.1 Å². The molecule has 0 aromatic rings. The van der Waals surface area contributed by atoms with Crippen LogP contribution in [-0.4, -0.2) is 18.9 Å². The molecule has 0 unspecified atom stereocenters. The van der Waals surface area contributed by atoms with Crippen molar-refractivity contribution in [3.8, 4) is 0 Å². The predicted molar refractivity (Wildman–Crippen MR) is 75.4 cm³/mol. The summed E-state index contributed by atoms with van der Waals surface area (Å²) < 4.78 is 0. The molecule has 0 aromatic carbocycles. The molecular formula is C15H31NO. The molecule has 17 heavy (non-hydrogen) atoms. The van der Waals surface area contributed by atoms with Crippen molar-refractivity contribution in [2.24, 2.45) is 0 Å². The Labute approximate surface area is 108 Å². The second kappa shape index (κ2) is 13.7. The minimum atomic E-state index is 0.402. The van der Waals surface area contributed by atoms with E-state index in [2.05, 4.69) is 19.2 Å².